The summed E-state index contributed by atoms with van der Waals surface area (Å²) in [6.45, 7) is 1.68. The Kier molecular flexibility index (Phi) is 3.43. The lowest BCUT2D eigenvalue weighted by atomic mass is 11.0. The molecule has 1 unspecified atom stereocenters. The van der Waals surface area contributed by atoms with Crippen molar-refractivity contribution in [3.05, 3.63) is 0 Å². The first-order valence-corrected chi connectivity index (χ1v) is 3.18. The van der Waals surface area contributed by atoms with E-state index in [-0.39, 0.29) is 0 Å². The minimum absolute atomic E-state index is 0.404. The van der Waals surface area contributed by atoms with Crippen molar-refractivity contribution in [2.45, 2.75) is 6.92 Å². The van der Waals surface area contributed by atoms with Gasteiger partial charge in [0.2, 0.25) is 8.03 Å². The molecule has 0 aromatic rings. The second-order valence-corrected chi connectivity index (χ2v) is 2.45. The minimum atomic E-state index is -2.06. The van der Waals surface area contributed by atoms with Crippen molar-refractivity contribution in [1.29, 1.82) is 0 Å². The van der Waals surface area contributed by atoms with Crippen LogP contribution in [-0.4, -0.2) is 11.4 Å². The van der Waals surface area contributed by atoms with Crippen LogP contribution in [0.5, 0.6) is 0 Å². The molecule has 0 aromatic carbocycles. The summed E-state index contributed by atoms with van der Waals surface area (Å²) in [4.78, 5) is 0. The molecular weight excluding hydrogens is 103 g/mol. The first-order chi connectivity index (χ1) is 2.81. The van der Waals surface area contributed by atoms with Gasteiger partial charge >= 0.3 is 0 Å². The summed E-state index contributed by atoms with van der Waals surface area (Å²) in [6, 6.07) is 0. The van der Waals surface area contributed by atoms with Gasteiger partial charge in [0, 0.05) is 6.16 Å². The minimum Gasteiger partial charge on any atom is -0.293 e. The van der Waals surface area contributed by atoms with Crippen molar-refractivity contribution in [1.82, 2.24) is 0 Å². The zero-order chi connectivity index (χ0) is 4.99. The van der Waals surface area contributed by atoms with Crippen LogP contribution in [0.15, 0.2) is 0 Å². The van der Waals surface area contributed by atoms with Crippen LogP contribution in [0.3, 0.4) is 0 Å². The van der Waals surface area contributed by atoms with Crippen LogP contribution in [-0.2, 0) is 9.24 Å². The molecule has 0 aliphatic rings. The Hall–Kier alpha value is 0.150. The van der Waals surface area contributed by atoms with Crippen molar-refractivity contribution in [2.75, 3.05) is 6.16 Å². The maximum Gasteiger partial charge on any atom is 0.224 e. The fourth-order valence-corrected chi connectivity index (χ4v) is 0.194. The van der Waals surface area contributed by atoms with Gasteiger partial charge in [-0.15, -0.1) is 0 Å². The van der Waals surface area contributed by atoms with Crippen molar-refractivity contribution >= 4 is 8.03 Å². The Morgan fingerprint density at radius 3 is 2.50 bits per heavy atom. The Morgan fingerprint density at radius 1 is 2.00 bits per heavy atom. The molecule has 1 atom stereocenters. The largest absolute Gasteiger partial charge is 0.293 e. The molecule has 0 aliphatic carbocycles. The fraction of sp³-hybridized carbons (Fsp3) is 1.00. The molecule has 0 amide bonds. The average molecular weight is 110 g/mol. The Morgan fingerprint density at radius 2 is 2.50 bits per heavy atom. The van der Waals surface area contributed by atoms with Crippen LogP contribution in [0.4, 0.5) is 0 Å². The van der Waals surface area contributed by atoms with Gasteiger partial charge in [0.1, 0.15) is 0 Å². The maximum atomic E-state index is 9.89. The van der Waals surface area contributed by atoms with Gasteiger partial charge in [0.15, 0.2) is 0 Å². The van der Waals surface area contributed by atoms with E-state index in [9.17, 15) is 4.57 Å². The van der Waals surface area contributed by atoms with E-state index >= 15 is 0 Å². The van der Waals surface area contributed by atoms with E-state index in [0.717, 1.165) is 0 Å². The SMILES string of the molecule is CC[PH](=O)OO. The molecule has 0 rings (SSSR count). The van der Waals surface area contributed by atoms with Crippen LogP contribution >= 0.6 is 8.03 Å². The molecule has 0 saturated heterocycles. The topological polar surface area (TPSA) is 46.5 Å². The lowest BCUT2D eigenvalue weighted by Gasteiger charge is -1.84. The molecule has 0 radical (unpaired) electrons. The molecule has 3 nitrogen and oxygen atoms in total. The highest BCUT2D eigenvalue weighted by Gasteiger charge is 1.86. The Bertz CT molecular complexity index is 46.8. The third kappa shape index (κ3) is 2.39. The van der Waals surface area contributed by atoms with Crippen LogP contribution in [0.25, 0.3) is 0 Å². The number of rotatable bonds is 2. The van der Waals surface area contributed by atoms with Crippen LogP contribution in [0, 0.1) is 0 Å². The third-order valence-corrected chi connectivity index (χ3v) is 1.17. The van der Waals surface area contributed by atoms with Crippen LogP contribution < -0.4 is 0 Å². The summed E-state index contributed by atoms with van der Waals surface area (Å²) < 4.78 is 13.3. The second-order valence-electron chi connectivity index (χ2n) is 0.817. The summed E-state index contributed by atoms with van der Waals surface area (Å²) >= 11 is 0. The smallest absolute Gasteiger partial charge is 0.224 e. The summed E-state index contributed by atoms with van der Waals surface area (Å²) in [7, 11) is -2.06. The van der Waals surface area contributed by atoms with E-state index < -0.39 is 8.03 Å². The summed E-state index contributed by atoms with van der Waals surface area (Å²) in [5.41, 5.74) is 0. The van der Waals surface area contributed by atoms with Gasteiger partial charge in [0.05, 0.1) is 0 Å². The second kappa shape index (κ2) is 3.34. The lowest BCUT2D eigenvalue weighted by molar-refractivity contribution is -0.129. The van der Waals surface area contributed by atoms with Gasteiger partial charge in [-0.1, -0.05) is 6.92 Å². The van der Waals surface area contributed by atoms with Crippen LogP contribution in [0.2, 0.25) is 0 Å². The summed E-state index contributed by atoms with van der Waals surface area (Å²) in [5, 5.41) is 7.57. The highest BCUT2D eigenvalue weighted by atomic mass is 31.1. The highest BCUT2D eigenvalue weighted by Crippen LogP contribution is 2.16. The molecular formula is C2H7O3P. The van der Waals surface area contributed by atoms with Gasteiger partial charge < -0.3 is 0 Å². The molecule has 0 aliphatic heterocycles. The zero-order valence-corrected chi connectivity index (χ0v) is 4.47. The van der Waals surface area contributed by atoms with Gasteiger partial charge in [-0.25, -0.2) is 5.26 Å². The molecule has 4 heteroatoms. The first kappa shape index (κ1) is 6.15. The van der Waals surface area contributed by atoms with Crippen LogP contribution in [0.1, 0.15) is 6.92 Å². The highest BCUT2D eigenvalue weighted by molar-refractivity contribution is 7.38. The molecule has 6 heavy (non-hydrogen) atoms. The molecule has 0 aromatic heterocycles. The Labute approximate surface area is 36.7 Å². The predicted octanol–water partition coefficient (Wildman–Crippen LogP) is 0.971. The monoisotopic (exact) mass is 110 g/mol. The lowest BCUT2D eigenvalue weighted by Crippen LogP contribution is -1.67. The third-order valence-electron chi connectivity index (χ3n) is 0.390. The zero-order valence-electron chi connectivity index (χ0n) is 3.47. The molecule has 0 bridgehead atoms. The van der Waals surface area contributed by atoms with Crippen molar-refractivity contribution in [2.24, 2.45) is 0 Å². The van der Waals surface area contributed by atoms with Crippen molar-refractivity contribution in [3.8, 4) is 0 Å². The number of hydrogen-bond donors (Lipinski definition) is 1. The summed E-state index contributed by atoms with van der Waals surface area (Å²) in [6.07, 6.45) is 0.404. The van der Waals surface area contributed by atoms with E-state index in [1.165, 1.54) is 0 Å². The molecule has 0 fully saturated rings. The van der Waals surface area contributed by atoms with E-state index in [2.05, 4.69) is 4.67 Å². The van der Waals surface area contributed by atoms with E-state index in [1.54, 1.807) is 6.92 Å². The van der Waals surface area contributed by atoms with Gasteiger partial charge in [-0.3, -0.25) is 4.57 Å². The quantitative estimate of drug-likeness (QED) is 0.327. The first-order valence-electron chi connectivity index (χ1n) is 1.65. The predicted molar refractivity (Wildman–Crippen MR) is 23.3 cm³/mol. The van der Waals surface area contributed by atoms with E-state index in [4.69, 9.17) is 5.26 Å². The standard InChI is InChI=1S/C2H7O3P/c1-2-6(4)5-3/h3,6H,2H2,1H3. The van der Waals surface area contributed by atoms with Gasteiger partial charge in [-0.05, 0) is 0 Å². The normalized spacial score (nSPS) is 14.3. The molecule has 0 heterocycles. The molecule has 0 saturated carbocycles. The molecule has 0 spiro atoms. The number of hydrogen-bond acceptors (Lipinski definition) is 3. The van der Waals surface area contributed by atoms with Crippen molar-refractivity contribution < 1.29 is 14.5 Å². The summed E-state index contributed by atoms with van der Waals surface area (Å²) in [5.74, 6) is 0. The van der Waals surface area contributed by atoms with E-state index in [1.807, 2.05) is 0 Å². The van der Waals surface area contributed by atoms with Gasteiger partial charge in [0.25, 0.3) is 0 Å². The fourth-order valence-electron chi connectivity index (χ4n) is 0.0645. The van der Waals surface area contributed by atoms with Crippen molar-refractivity contribution in [3.63, 3.8) is 0 Å². The molecule has 38 valence electrons. The maximum absolute atomic E-state index is 9.89. The molecule has 1 N–H and O–H groups in total. The average Bonchev–Trinajstić information content (AvgIpc) is 1.65. The Balaban J connectivity index is 2.99. The van der Waals surface area contributed by atoms with Gasteiger partial charge in [-0.2, -0.15) is 4.67 Å². The van der Waals surface area contributed by atoms with E-state index in [0.29, 0.717) is 6.16 Å².